The molecule has 0 bridgehead atoms. The van der Waals surface area contributed by atoms with Crippen molar-refractivity contribution in [2.45, 2.75) is 57.7 Å². The normalized spacial score (nSPS) is 30.9. The van der Waals surface area contributed by atoms with Crippen LogP contribution in [-0.2, 0) is 11.3 Å². The fourth-order valence-electron chi connectivity index (χ4n) is 5.85. The number of amides is 1. The van der Waals surface area contributed by atoms with Crippen LogP contribution in [0.1, 0.15) is 56.3 Å². The molecule has 1 saturated carbocycles. The van der Waals surface area contributed by atoms with E-state index < -0.39 is 0 Å². The van der Waals surface area contributed by atoms with E-state index in [4.69, 9.17) is 0 Å². The summed E-state index contributed by atoms with van der Waals surface area (Å²) >= 11 is 0. The third kappa shape index (κ3) is 3.08. The number of hydrogen-bond donors (Lipinski definition) is 2. The van der Waals surface area contributed by atoms with Crippen LogP contribution in [0.3, 0.4) is 0 Å². The Labute approximate surface area is 171 Å². The molecule has 29 heavy (non-hydrogen) atoms. The highest BCUT2D eigenvalue weighted by Gasteiger charge is 2.56. The minimum absolute atomic E-state index is 0.0169. The zero-order chi connectivity index (χ0) is 20.1. The van der Waals surface area contributed by atoms with Gasteiger partial charge in [-0.1, -0.05) is 6.08 Å². The molecule has 6 nitrogen and oxygen atoms in total. The molecule has 0 aromatic carbocycles. The number of nitrogens with zero attached hydrogens (tertiary/aromatic N) is 2. The Hall–Kier alpha value is -1.92. The number of likely N-dealkylation sites (tertiary alicyclic amines) is 1. The van der Waals surface area contributed by atoms with Crippen molar-refractivity contribution in [2.24, 2.45) is 17.8 Å². The van der Waals surface area contributed by atoms with Crippen molar-refractivity contribution >= 4 is 11.5 Å². The highest BCUT2D eigenvalue weighted by atomic mass is 16.3. The molecular weight excluding hydrogens is 366 g/mol. The number of likely N-dealkylation sites (N-methyl/N-ethyl adjacent to an activating group) is 1. The number of hydrogen-bond acceptors (Lipinski definition) is 4. The van der Waals surface area contributed by atoms with Crippen molar-refractivity contribution in [3.8, 4) is 0 Å². The zero-order valence-corrected chi connectivity index (χ0v) is 17.1. The molecule has 3 heterocycles. The molecule has 1 saturated heterocycles. The van der Waals surface area contributed by atoms with Gasteiger partial charge in [0.05, 0.1) is 12.1 Å². The maximum Gasteiger partial charge on any atom is 0.258 e. The molecule has 0 radical (unpaired) electrons. The Balaban J connectivity index is 1.54. The van der Waals surface area contributed by atoms with Gasteiger partial charge in [-0.05, 0) is 62.7 Å². The predicted molar refractivity (Wildman–Crippen MR) is 111 cm³/mol. The van der Waals surface area contributed by atoms with E-state index in [1.807, 2.05) is 17.6 Å². The van der Waals surface area contributed by atoms with E-state index in [1.165, 1.54) is 18.4 Å². The van der Waals surface area contributed by atoms with E-state index in [2.05, 4.69) is 22.4 Å². The van der Waals surface area contributed by atoms with Crippen molar-refractivity contribution in [1.82, 2.24) is 14.8 Å². The first kappa shape index (κ1) is 19.1. The maximum atomic E-state index is 13.3. The van der Waals surface area contributed by atoms with E-state index in [9.17, 15) is 14.7 Å². The molecule has 6 heteroatoms. The quantitative estimate of drug-likeness (QED) is 0.769. The Kier molecular flexibility index (Phi) is 4.87. The van der Waals surface area contributed by atoms with Gasteiger partial charge in [-0.3, -0.25) is 14.5 Å². The molecule has 2 fully saturated rings. The zero-order valence-electron chi connectivity index (χ0n) is 17.1. The number of fused-ring (bicyclic) bond motifs is 3. The van der Waals surface area contributed by atoms with Crippen molar-refractivity contribution in [3.05, 3.63) is 39.8 Å². The van der Waals surface area contributed by atoms with Crippen LogP contribution in [-0.4, -0.2) is 46.2 Å². The van der Waals surface area contributed by atoms with Gasteiger partial charge in [0.2, 0.25) is 5.91 Å². The molecule has 4 atom stereocenters. The fraction of sp³-hybridized carbons (Fsp3) is 0.652. The summed E-state index contributed by atoms with van der Waals surface area (Å²) in [5, 5.41) is 13.2. The maximum absolute atomic E-state index is 13.3. The predicted octanol–water partition coefficient (Wildman–Crippen LogP) is 1.93. The Morgan fingerprint density at radius 1 is 1.31 bits per heavy atom. The first-order chi connectivity index (χ1) is 14.1. The molecule has 156 valence electrons. The lowest BCUT2D eigenvalue weighted by Crippen LogP contribution is -2.48. The van der Waals surface area contributed by atoms with Crippen LogP contribution in [0, 0.1) is 17.8 Å². The highest BCUT2D eigenvalue weighted by molar-refractivity contribution is 5.82. The number of pyridine rings is 1. The van der Waals surface area contributed by atoms with Crippen molar-refractivity contribution in [2.75, 3.05) is 19.7 Å². The number of aromatic nitrogens is 1. The smallest absolute Gasteiger partial charge is 0.258 e. The van der Waals surface area contributed by atoms with Crippen LogP contribution in [0.15, 0.2) is 23.0 Å². The van der Waals surface area contributed by atoms with Crippen molar-refractivity contribution < 1.29 is 9.90 Å². The molecule has 0 spiro atoms. The van der Waals surface area contributed by atoms with Crippen molar-refractivity contribution in [3.63, 3.8) is 0 Å². The lowest BCUT2D eigenvalue weighted by Gasteiger charge is -2.30. The second-order valence-corrected chi connectivity index (χ2v) is 9.14. The van der Waals surface area contributed by atoms with Crippen LogP contribution in [0.4, 0.5) is 0 Å². The van der Waals surface area contributed by atoms with Gasteiger partial charge in [0.25, 0.3) is 5.56 Å². The van der Waals surface area contributed by atoms with Gasteiger partial charge >= 0.3 is 0 Å². The second-order valence-electron chi connectivity index (χ2n) is 9.14. The molecule has 1 aromatic heterocycles. The monoisotopic (exact) mass is 397 g/mol. The van der Waals surface area contributed by atoms with E-state index in [-0.39, 0.29) is 42.0 Å². The molecule has 1 amide bonds. The number of carbonyl (C=O) groups is 1. The second kappa shape index (κ2) is 7.40. The molecule has 2 aliphatic heterocycles. The molecule has 5 rings (SSSR count). The first-order valence-electron chi connectivity index (χ1n) is 11.2. The van der Waals surface area contributed by atoms with Crippen LogP contribution in [0.2, 0.25) is 0 Å². The Morgan fingerprint density at radius 3 is 2.79 bits per heavy atom. The van der Waals surface area contributed by atoms with E-state index in [0.717, 1.165) is 37.1 Å². The summed E-state index contributed by atoms with van der Waals surface area (Å²) in [7, 11) is 0. The summed E-state index contributed by atoms with van der Waals surface area (Å²) in [5.41, 5.74) is 3.13. The van der Waals surface area contributed by atoms with Crippen molar-refractivity contribution in [1.29, 1.82) is 0 Å². The van der Waals surface area contributed by atoms with Gasteiger partial charge in [-0.25, -0.2) is 0 Å². The van der Waals surface area contributed by atoms with Gasteiger partial charge in [-0.15, -0.1) is 0 Å². The standard InChI is InChI=1S/C23H31N3O3/c1-2-24-22(28)21-18(13-27)17-12-25-19(20(17)26(21)11-14-7-8-14)10-9-16(23(25)29)15-5-3-4-6-15/h5,9-10,14,17-18,20-21,27H,2-4,6-8,11-13H2,1H3,(H,24,28)/t17-,18-,20+,21-/m0/s1. The lowest BCUT2D eigenvalue weighted by molar-refractivity contribution is -0.127. The topological polar surface area (TPSA) is 74.6 Å². The third-order valence-electron chi connectivity index (χ3n) is 7.36. The Bertz CT molecular complexity index is 901. The number of aliphatic hydroxyl groups excluding tert-OH is 1. The molecule has 4 aliphatic rings. The molecule has 2 aliphatic carbocycles. The number of nitrogens with one attached hydrogen (secondary N) is 1. The summed E-state index contributed by atoms with van der Waals surface area (Å²) in [6, 6.07) is 3.84. The van der Waals surface area contributed by atoms with Crippen LogP contribution in [0.5, 0.6) is 0 Å². The number of carbonyl (C=O) groups excluding carboxylic acids is 1. The number of rotatable bonds is 6. The van der Waals surface area contributed by atoms with E-state index >= 15 is 0 Å². The molecule has 1 aromatic rings. The fourth-order valence-corrected chi connectivity index (χ4v) is 5.85. The molecule has 2 N–H and O–H groups in total. The SMILES string of the molecule is CCNC(=O)[C@@H]1[C@@H](CO)[C@@H]2Cn3c(ccc(C4=CCCC4)c3=O)[C@@H]2N1CC1CC1. The molecule has 0 unspecified atom stereocenters. The van der Waals surface area contributed by atoms with Gasteiger partial charge in [0.15, 0.2) is 0 Å². The highest BCUT2D eigenvalue weighted by Crippen LogP contribution is 2.50. The largest absolute Gasteiger partial charge is 0.396 e. The average molecular weight is 398 g/mol. The molecular formula is C23H31N3O3. The summed E-state index contributed by atoms with van der Waals surface area (Å²) in [5.74, 6) is 0.613. The Morgan fingerprint density at radius 2 is 2.14 bits per heavy atom. The van der Waals surface area contributed by atoms with Gasteiger partial charge in [0, 0.05) is 49.3 Å². The summed E-state index contributed by atoms with van der Waals surface area (Å²) in [6.07, 6.45) is 7.77. The van der Waals surface area contributed by atoms with Crippen LogP contribution >= 0.6 is 0 Å². The first-order valence-corrected chi connectivity index (χ1v) is 11.2. The summed E-state index contributed by atoms with van der Waals surface area (Å²) < 4.78 is 1.93. The van der Waals surface area contributed by atoms with Gasteiger partial charge < -0.3 is 15.0 Å². The van der Waals surface area contributed by atoms with Gasteiger partial charge in [-0.2, -0.15) is 0 Å². The van der Waals surface area contributed by atoms with E-state index in [0.29, 0.717) is 19.0 Å². The average Bonchev–Trinajstić information content (AvgIpc) is 3.13. The minimum atomic E-state index is -0.309. The summed E-state index contributed by atoms with van der Waals surface area (Å²) in [6.45, 7) is 3.98. The number of allylic oxidation sites excluding steroid dienone is 2. The van der Waals surface area contributed by atoms with Crippen LogP contribution in [0.25, 0.3) is 5.57 Å². The lowest BCUT2D eigenvalue weighted by atomic mass is 9.88. The minimum Gasteiger partial charge on any atom is -0.396 e. The van der Waals surface area contributed by atoms with Crippen LogP contribution < -0.4 is 10.9 Å². The van der Waals surface area contributed by atoms with E-state index in [1.54, 1.807) is 0 Å². The van der Waals surface area contributed by atoms with Gasteiger partial charge in [0.1, 0.15) is 0 Å². The third-order valence-corrected chi connectivity index (χ3v) is 7.36. The number of aliphatic hydroxyl groups is 1. The summed E-state index contributed by atoms with van der Waals surface area (Å²) in [4.78, 5) is 28.5.